The third kappa shape index (κ3) is 8.90. The summed E-state index contributed by atoms with van der Waals surface area (Å²) in [5, 5.41) is 5.96. The Morgan fingerprint density at radius 1 is 1.08 bits per heavy atom. The van der Waals surface area contributed by atoms with E-state index in [9.17, 15) is 45.2 Å². The van der Waals surface area contributed by atoms with Gasteiger partial charge in [0.25, 0.3) is 5.91 Å². The van der Waals surface area contributed by atoms with Crippen molar-refractivity contribution in [1.29, 1.82) is 0 Å². The number of alkyl halides is 3. The first-order valence-electron chi connectivity index (χ1n) is 20.1. The Morgan fingerprint density at radius 3 is 2.42 bits per heavy atom. The Morgan fingerprint density at radius 2 is 1.78 bits per heavy atom. The molecule has 4 amide bonds. The van der Waals surface area contributed by atoms with Gasteiger partial charge in [0.1, 0.15) is 23.7 Å². The molecule has 2 aliphatic heterocycles. The van der Waals surface area contributed by atoms with E-state index in [0.717, 1.165) is 4.90 Å². The van der Waals surface area contributed by atoms with E-state index in [1.165, 1.54) is 25.4 Å². The number of hydrogen-bond acceptors (Lipinski definition) is 10. The first-order valence-corrected chi connectivity index (χ1v) is 21.6. The molecule has 3 heterocycles. The number of carbonyl (C=O) groups excluding carboxylic acids is 4. The summed E-state index contributed by atoms with van der Waals surface area (Å²) in [7, 11) is -2.78. The maximum absolute atomic E-state index is 14.9. The summed E-state index contributed by atoms with van der Waals surface area (Å²) in [5.41, 5.74) is -4.50. The van der Waals surface area contributed by atoms with Gasteiger partial charge in [-0.05, 0) is 93.7 Å². The van der Waals surface area contributed by atoms with Crippen LogP contribution in [0, 0.1) is 23.6 Å². The van der Waals surface area contributed by atoms with Crippen LogP contribution < -0.4 is 24.8 Å². The number of sulfonamides is 1. The number of alkyl carbamates (subject to hydrolysis) is 1. The molecule has 1 aromatic carbocycles. The van der Waals surface area contributed by atoms with Gasteiger partial charge in [-0.2, -0.15) is 13.2 Å². The SMILES string of the molecule is CCC1(S(=O)(=O)NC(=O)[C@@]23C[C@H]2CCCC[C@@H](C)C[C@@H](C)[C@H](NC(=O)OC(C)(C)C(F)(F)F)C(=O)N2C[C@H](Oc4nccc5cc(OC)c(F)cc45)C[C@H]2C(=O)N3)CC1. The molecule has 326 valence electrons. The zero-order valence-corrected chi connectivity index (χ0v) is 34.9. The Labute approximate surface area is 340 Å². The number of aromatic nitrogens is 1. The fourth-order valence-electron chi connectivity index (χ4n) is 8.52. The molecule has 7 atom stereocenters. The number of fused-ring (bicyclic) bond motifs is 3. The first-order chi connectivity index (χ1) is 27.6. The van der Waals surface area contributed by atoms with Crippen LogP contribution >= 0.6 is 0 Å². The number of nitrogens with one attached hydrogen (secondary N) is 3. The smallest absolute Gasteiger partial charge is 0.427 e. The van der Waals surface area contributed by atoms with Crippen molar-refractivity contribution in [2.75, 3.05) is 13.7 Å². The fourth-order valence-corrected chi connectivity index (χ4v) is 10.2. The lowest BCUT2D eigenvalue weighted by molar-refractivity contribution is -0.244. The van der Waals surface area contributed by atoms with Gasteiger partial charge in [-0.3, -0.25) is 19.1 Å². The van der Waals surface area contributed by atoms with Gasteiger partial charge in [-0.1, -0.05) is 40.0 Å². The summed E-state index contributed by atoms with van der Waals surface area (Å²) < 4.78 is 100. The Bertz CT molecular complexity index is 2080. The minimum absolute atomic E-state index is 0.0160. The highest BCUT2D eigenvalue weighted by atomic mass is 32.2. The molecular weight excluding hydrogens is 803 g/mol. The number of methoxy groups -OCH3 is 1. The first kappa shape index (κ1) is 44.1. The molecule has 2 saturated heterocycles. The van der Waals surface area contributed by atoms with Gasteiger partial charge < -0.3 is 29.7 Å². The molecule has 3 N–H and O–H groups in total. The number of hydrogen-bond donors (Lipinski definition) is 3. The number of rotatable bonds is 9. The van der Waals surface area contributed by atoms with E-state index in [0.29, 0.717) is 70.6 Å². The Hall–Kier alpha value is -4.42. The van der Waals surface area contributed by atoms with Crippen molar-refractivity contribution >= 4 is 44.6 Å². The predicted octanol–water partition coefficient (Wildman–Crippen LogP) is 5.67. The van der Waals surface area contributed by atoms with Crippen LogP contribution in [-0.2, 0) is 29.1 Å². The van der Waals surface area contributed by atoms with Gasteiger partial charge in [-0.15, -0.1) is 0 Å². The van der Waals surface area contributed by atoms with Crippen LogP contribution in [0.15, 0.2) is 24.4 Å². The van der Waals surface area contributed by atoms with Gasteiger partial charge >= 0.3 is 12.3 Å². The highest BCUT2D eigenvalue weighted by Crippen LogP contribution is 2.50. The molecule has 1 aromatic heterocycles. The third-order valence-corrected chi connectivity index (χ3v) is 14.9. The van der Waals surface area contributed by atoms with Crippen molar-refractivity contribution < 1.29 is 59.4 Å². The van der Waals surface area contributed by atoms with E-state index in [1.807, 2.05) is 6.92 Å². The molecule has 0 spiro atoms. The van der Waals surface area contributed by atoms with E-state index in [-0.39, 0.29) is 42.3 Å². The average molecular weight is 856 g/mol. The largest absolute Gasteiger partial charge is 0.494 e. The number of amides is 4. The van der Waals surface area contributed by atoms with Gasteiger partial charge in [0.2, 0.25) is 33.3 Å². The summed E-state index contributed by atoms with van der Waals surface area (Å²) in [5.74, 6) is -4.29. The summed E-state index contributed by atoms with van der Waals surface area (Å²) in [6.07, 6.45) is -2.00. The second-order valence-corrected chi connectivity index (χ2v) is 19.3. The molecule has 2 aromatic rings. The third-order valence-electron chi connectivity index (χ3n) is 12.6. The normalized spacial score (nSPS) is 28.9. The molecular formula is C40H53F4N5O9S. The van der Waals surface area contributed by atoms with Crippen molar-refractivity contribution in [2.24, 2.45) is 17.8 Å². The number of nitrogens with zero attached hydrogens (tertiary/aromatic N) is 2. The van der Waals surface area contributed by atoms with E-state index >= 15 is 0 Å². The lowest BCUT2D eigenvalue weighted by Gasteiger charge is -2.34. The number of benzene rings is 1. The standard InChI is InChI=1S/C40H53F4N5O9S/c1-7-38(13-14-38)59(54,55)48-35(52)39-20-25(39)11-9-8-10-22(2)16-23(3)31(46-36(53)58-37(4,5)40(42,43)44)34(51)49-21-26(18-29(49)32(50)47-39)57-33-27-19-28(41)30(56-6)17-24(27)12-15-45-33/h12,15,17,19,22-23,25-26,29,31H,7-11,13-14,16,18,20-21H2,1-6H3,(H,46,53)(H,47,50)(H,48,52)/t22-,23-,25-,26-,29+,31+,39-/m1/s1. The lowest BCUT2D eigenvalue weighted by Crippen LogP contribution is -2.60. The zero-order chi connectivity index (χ0) is 43.3. The minimum Gasteiger partial charge on any atom is -0.494 e. The highest BCUT2D eigenvalue weighted by molar-refractivity contribution is 7.91. The second-order valence-electron chi connectivity index (χ2n) is 17.3. The lowest BCUT2D eigenvalue weighted by atomic mass is 9.87. The maximum atomic E-state index is 14.9. The van der Waals surface area contributed by atoms with Crippen LogP contribution in [0.1, 0.15) is 98.8 Å². The number of halogens is 4. The highest BCUT2D eigenvalue weighted by Gasteiger charge is 2.64. The van der Waals surface area contributed by atoms with E-state index in [1.54, 1.807) is 19.9 Å². The Kier molecular flexibility index (Phi) is 12.1. The Balaban J connectivity index is 1.35. The molecule has 0 bridgehead atoms. The predicted molar refractivity (Wildman–Crippen MR) is 206 cm³/mol. The number of carbonyl (C=O) groups is 4. The fraction of sp³-hybridized carbons (Fsp3) is 0.675. The summed E-state index contributed by atoms with van der Waals surface area (Å²) >= 11 is 0. The topological polar surface area (TPSA) is 182 Å². The summed E-state index contributed by atoms with van der Waals surface area (Å²) in [4.78, 5) is 61.9. The molecule has 0 radical (unpaired) electrons. The summed E-state index contributed by atoms with van der Waals surface area (Å²) in [6, 6.07) is 1.40. The second kappa shape index (κ2) is 16.2. The molecule has 0 unspecified atom stereocenters. The van der Waals surface area contributed by atoms with E-state index in [2.05, 4.69) is 20.3 Å². The van der Waals surface area contributed by atoms with E-state index in [4.69, 9.17) is 14.2 Å². The van der Waals surface area contributed by atoms with E-state index < -0.39 is 91.7 Å². The average Bonchev–Trinajstić information content (AvgIpc) is 4.06. The van der Waals surface area contributed by atoms with Crippen molar-refractivity contribution in [1.82, 2.24) is 25.2 Å². The van der Waals surface area contributed by atoms with Crippen LogP contribution in [0.25, 0.3) is 10.8 Å². The van der Waals surface area contributed by atoms with Crippen LogP contribution in [0.3, 0.4) is 0 Å². The number of ether oxygens (including phenoxy) is 3. The molecule has 4 fully saturated rings. The maximum Gasteiger partial charge on any atom is 0.427 e. The van der Waals surface area contributed by atoms with Gasteiger partial charge in [0.05, 0.1) is 18.4 Å². The monoisotopic (exact) mass is 855 g/mol. The quantitative estimate of drug-likeness (QED) is 0.266. The molecule has 19 heteroatoms. The summed E-state index contributed by atoms with van der Waals surface area (Å²) in [6.45, 7) is 6.42. The molecule has 14 nitrogen and oxygen atoms in total. The van der Waals surface area contributed by atoms with Crippen molar-refractivity contribution in [3.05, 3.63) is 30.2 Å². The molecule has 59 heavy (non-hydrogen) atoms. The molecule has 6 rings (SSSR count). The molecule has 2 saturated carbocycles. The number of pyridine rings is 1. The van der Waals surface area contributed by atoms with Crippen molar-refractivity contribution in [2.45, 2.75) is 139 Å². The van der Waals surface area contributed by atoms with Crippen LogP contribution in [0.2, 0.25) is 0 Å². The van der Waals surface area contributed by atoms with Gasteiger partial charge in [0, 0.05) is 18.0 Å². The van der Waals surface area contributed by atoms with Crippen molar-refractivity contribution in [3.63, 3.8) is 0 Å². The zero-order valence-electron chi connectivity index (χ0n) is 34.0. The minimum atomic E-state index is -4.93. The van der Waals surface area contributed by atoms with Crippen LogP contribution in [0.5, 0.6) is 11.6 Å². The van der Waals surface area contributed by atoms with Crippen LogP contribution in [-0.4, -0.2) is 96.0 Å². The van der Waals surface area contributed by atoms with Crippen LogP contribution in [0.4, 0.5) is 22.4 Å². The van der Waals surface area contributed by atoms with Crippen molar-refractivity contribution in [3.8, 4) is 11.6 Å². The van der Waals surface area contributed by atoms with Gasteiger partial charge in [-0.25, -0.2) is 22.6 Å². The molecule has 4 aliphatic rings. The molecule has 2 aliphatic carbocycles. The van der Waals surface area contributed by atoms with Gasteiger partial charge in [0.15, 0.2) is 11.6 Å².